The molecule has 0 aliphatic heterocycles. The Hall–Kier alpha value is -1.70. The Morgan fingerprint density at radius 2 is 2.24 bits per heavy atom. The summed E-state index contributed by atoms with van der Waals surface area (Å²) in [5.74, 6) is 2.01. The number of fused-ring (bicyclic) bond motifs is 1. The number of hydrogen-bond donors (Lipinski definition) is 3. The van der Waals surface area contributed by atoms with Crippen LogP contribution in [-0.4, -0.2) is 49.0 Å². The molecule has 2 atom stereocenters. The van der Waals surface area contributed by atoms with Gasteiger partial charge in [0.1, 0.15) is 5.82 Å². The second-order valence-corrected chi connectivity index (χ2v) is 6.62. The van der Waals surface area contributed by atoms with Crippen LogP contribution in [0, 0.1) is 0 Å². The summed E-state index contributed by atoms with van der Waals surface area (Å²) < 4.78 is 11.2. The fourth-order valence-electron chi connectivity index (χ4n) is 1.91. The van der Waals surface area contributed by atoms with Gasteiger partial charge in [0.05, 0.1) is 11.6 Å². The molecule has 2 rings (SSSR count). The minimum Gasteiger partial charge on any atom is -0.367 e. The van der Waals surface area contributed by atoms with Crippen molar-refractivity contribution in [1.82, 2.24) is 20.2 Å². The monoisotopic (exact) mass is 310 g/mol. The van der Waals surface area contributed by atoms with Crippen molar-refractivity contribution in [3.63, 3.8) is 0 Å². The van der Waals surface area contributed by atoms with Crippen LogP contribution >= 0.6 is 0 Å². The van der Waals surface area contributed by atoms with Gasteiger partial charge in [-0.2, -0.15) is 15.1 Å². The standard InChI is InChI=1S/C13H22N6OS/c1-4-6-14-13-17-11(10-8-15-19-12(10)18-13)16-9(2)5-7-21(3)20/h8-9H,4-7H2,1-3H3,(H3,14,15,16,17,18,19). The molecular formula is C13H22N6OS. The van der Waals surface area contributed by atoms with Crippen LogP contribution in [0.1, 0.15) is 26.7 Å². The van der Waals surface area contributed by atoms with Crippen LogP contribution in [0.2, 0.25) is 0 Å². The Morgan fingerprint density at radius 1 is 1.43 bits per heavy atom. The van der Waals surface area contributed by atoms with Gasteiger partial charge in [-0.15, -0.1) is 0 Å². The molecule has 0 fully saturated rings. The predicted molar refractivity (Wildman–Crippen MR) is 87.1 cm³/mol. The second-order valence-electron chi connectivity index (χ2n) is 5.07. The maximum Gasteiger partial charge on any atom is 0.226 e. The molecule has 2 heterocycles. The van der Waals surface area contributed by atoms with Crippen LogP contribution in [0.4, 0.5) is 11.8 Å². The molecule has 7 nitrogen and oxygen atoms in total. The summed E-state index contributed by atoms with van der Waals surface area (Å²) in [5, 5.41) is 14.3. The van der Waals surface area contributed by atoms with Gasteiger partial charge in [0.25, 0.3) is 0 Å². The number of nitrogens with one attached hydrogen (secondary N) is 3. The molecule has 0 amide bonds. The Kier molecular flexibility index (Phi) is 5.49. The van der Waals surface area contributed by atoms with Crippen molar-refractivity contribution >= 4 is 33.6 Å². The highest BCUT2D eigenvalue weighted by molar-refractivity contribution is 7.84. The van der Waals surface area contributed by atoms with Crippen LogP contribution in [-0.2, 0) is 10.8 Å². The van der Waals surface area contributed by atoms with E-state index in [2.05, 4.69) is 44.6 Å². The fraction of sp³-hybridized carbons (Fsp3) is 0.615. The zero-order valence-electron chi connectivity index (χ0n) is 12.6. The highest BCUT2D eigenvalue weighted by atomic mass is 32.2. The van der Waals surface area contributed by atoms with E-state index in [0.29, 0.717) is 17.3 Å². The number of hydrogen-bond acceptors (Lipinski definition) is 6. The minimum atomic E-state index is -0.776. The lowest BCUT2D eigenvalue weighted by atomic mass is 10.2. The van der Waals surface area contributed by atoms with E-state index < -0.39 is 10.8 Å². The smallest absolute Gasteiger partial charge is 0.226 e. The molecular weight excluding hydrogens is 288 g/mol. The summed E-state index contributed by atoms with van der Waals surface area (Å²) in [5.41, 5.74) is 0.706. The highest BCUT2D eigenvalue weighted by Gasteiger charge is 2.12. The average Bonchev–Trinajstić information content (AvgIpc) is 2.91. The van der Waals surface area contributed by atoms with Crippen molar-refractivity contribution in [2.75, 3.05) is 29.2 Å². The maximum atomic E-state index is 11.2. The quantitative estimate of drug-likeness (QED) is 0.687. The number of nitrogens with zero attached hydrogens (tertiary/aromatic N) is 3. The Balaban J connectivity index is 2.16. The van der Waals surface area contributed by atoms with E-state index in [1.807, 2.05) is 0 Å². The van der Waals surface area contributed by atoms with E-state index in [0.717, 1.165) is 30.6 Å². The first-order valence-corrected chi connectivity index (χ1v) is 8.84. The van der Waals surface area contributed by atoms with Gasteiger partial charge >= 0.3 is 0 Å². The van der Waals surface area contributed by atoms with Crippen molar-refractivity contribution in [2.45, 2.75) is 32.7 Å². The molecule has 2 aromatic rings. The van der Waals surface area contributed by atoms with Crippen LogP contribution in [0.5, 0.6) is 0 Å². The summed E-state index contributed by atoms with van der Waals surface area (Å²) in [4.78, 5) is 8.89. The third-order valence-corrected chi connectivity index (χ3v) is 3.87. The lowest BCUT2D eigenvalue weighted by Crippen LogP contribution is -2.19. The van der Waals surface area contributed by atoms with E-state index in [1.54, 1.807) is 12.5 Å². The Bertz CT molecular complexity index is 614. The molecule has 0 saturated heterocycles. The topological polar surface area (TPSA) is 95.6 Å². The minimum absolute atomic E-state index is 0.181. The lowest BCUT2D eigenvalue weighted by molar-refractivity contribution is 0.678. The van der Waals surface area contributed by atoms with Gasteiger partial charge < -0.3 is 10.6 Å². The van der Waals surface area contributed by atoms with Crippen LogP contribution in [0.25, 0.3) is 11.0 Å². The molecule has 0 aliphatic rings. The summed E-state index contributed by atoms with van der Waals surface area (Å²) in [7, 11) is -0.776. The van der Waals surface area contributed by atoms with Gasteiger partial charge in [-0.1, -0.05) is 6.92 Å². The number of H-pyrrole nitrogens is 1. The third-order valence-electron chi connectivity index (χ3n) is 3.06. The van der Waals surface area contributed by atoms with Crippen LogP contribution < -0.4 is 10.6 Å². The van der Waals surface area contributed by atoms with E-state index >= 15 is 0 Å². The Morgan fingerprint density at radius 3 is 2.95 bits per heavy atom. The van der Waals surface area contributed by atoms with Gasteiger partial charge in [-0.25, -0.2) is 0 Å². The summed E-state index contributed by atoms with van der Waals surface area (Å²) in [6.07, 6.45) is 5.26. The van der Waals surface area contributed by atoms with E-state index in [1.165, 1.54) is 0 Å². The first-order chi connectivity index (χ1) is 10.1. The molecule has 21 heavy (non-hydrogen) atoms. The van der Waals surface area contributed by atoms with Crippen molar-refractivity contribution in [3.05, 3.63) is 6.20 Å². The van der Waals surface area contributed by atoms with Crippen LogP contribution in [0.15, 0.2) is 6.20 Å². The van der Waals surface area contributed by atoms with Gasteiger partial charge in [0.15, 0.2) is 5.65 Å². The fourth-order valence-corrected chi connectivity index (χ4v) is 2.59. The van der Waals surface area contributed by atoms with Crippen molar-refractivity contribution in [1.29, 1.82) is 0 Å². The number of anilines is 2. The molecule has 0 radical (unpaired) electrons. The van der Waals surface area contributed by atoms with Gasteiger partial charge in [0, 0.05) is 35.4 Å². The molecule has 3 N–H and O–H groups in total. The number of aromatic nitrogens is 4. The molecule has 0 aromatic carbocycles. The SMILES string of the molecule is CCCNc1nc(NC(C)CCS(C)=O)c2cn[nH]c2n1. The summed E-state index contributed by atoms with van der Waals surface area (Å²) in [6.45, 7) is 4.97. The van der Waals surface area contributed by atoms with Crippen LogP contribution in [0.3, 0.4) is 0 Å². The summed E-state index contributed by atoms with van der Waals surface area (Å²) in [6, 6.07) is 0.181. The zero-order chi connectivity index (χ0) is 15.2. The molecule has 2 unspecified atom stereocenters. The molecule has 0 aliphatic carbocycles. The first-order valence-electron chi connectivity index (χ1n) is 7.11. The molecule has 2 aromatic heterocycles. The molecule has 0 spiro atoms. The molecule has 116 valence electrons. The van der Waals surface area contributed by atoms with Gasteiger partial charge in [-0.3, -0.25) is 9.31 Å². The number of aromatic amines is 1. The van der Waals surface area contributed by atoms with E-state index in [-0.39, 0.29) is 6.04 Å². The third kappa shape index (κ3) is 4.38. The first kappa shape index (κ1) is 15.7. The van der Waals surface area contributed by atoms with Crippen molar-refractivity contribution < 1.29 is 4.21 Å². The zero-order valence-corrected chi connectivity index (χ0v) is 13.5. The van der Waals surface area contributed by atoms with E-state index in [4.69, 9.17) is 0 Å². The Labute approximate surface area is 126 Å². The van der Waals surface area contributed by atoms with E-state index in [9.17, 15) is 4.21 Å². The predicted octanol–water partition coefficient (Wildman–Crippen LogP) is 1.74. The molecule has 0 bridgehead atoms. The maximum absolute atomic E-state index is 11.2. The van der Waals surface area contributed by atoms with Crippen molar-refractivity contribution in [3.8, 4) is 0 Å². The lowest BCUT2D eigenvalue weighted by Gasteiger charge is -2.15. The van der Waals surface area contributed by atoms with Gasteiger partial charge in [0.2, 0.25) is 5.95 Å². The molecule has 8 heteroatoms. The van der Waals surface area contributed by atoms with Gasteiger partial charge in [-0.05, 0) is 19.8 Å². The summed E-state index contributed by atoms with van der Waals surface area (Å²) >= 11 is 0. The largest absolute Gasteiger partial charge is 0.367 e. The van der Waals surface area contributed by atoms with Crippen molar-refractivity contribution in [2.24, 2.45) is 0 Å². The number of rotatable bonds is 8. The average molecular weight is 310 g/mol. The second kappa shape index (κ2) is 7.35. The normalized spacial score (nSPS) is 14.0. The molecule has 0 saturated carbocycles. The highest BCUT2D eigenvalue weighted by Crippen LogP contribution is 2.21.